The first-order valence-corrected chi connectivity index (χ1v) is 9.60. The van der Waals surface area contributed by atoms with E-state index in [-0.39, 0.29) is 18.0 Å². The summed E-state index contributed by atoms with van der Waals surface area (Å²) in [7, 11) is 5.96. The van der Waals surface area contributed by atoms with Gasteiger partial charge in [0.2, 0.25) is 0 Å². The minimum absolute atomic E-state index is 0.00463. The van der Waals surface area contributed by atoms with Crippen LogP contribution < -0.4 is 0 Å². The fourth-order valence-electron chi connectivity index (χ4n) is 0.861. The molecule has 0 aromatic rings. The molecule has 1 atom stereocenters. The van der Waals surface area contributed by atoms with Gasteiger partial charge in [-0.3, -0.25) is 9.59 Å². The molecule has 0 N–H and O–H groups in total. The smallest absolute Gasteiger partial charge is 0.401 e. The van der Waals surface area contributed by atoms with Crippen molar-refractivity contribution >= 4 is 29.8 Å². The molecule has 0 aliphatic carbocycles. The number of esters is 5. The number of alkyl halides is 3. The predicted octanol–water partition coefficient (Wildman–Crippen LogP) is 3.80. The summed E-state index contributed by atoms with van der Waals surface area (Å²) < 4.78 is 77.2. The topological polar surface area (TPSA) is 132 Å². The molecule has 0 aliphatic heterocycles. The van der Waals surface area contributed by atoms with E-state index in [9.17, 15) is 45.9 Å². The number of hydrogen-bond donors (Lipinski definition) is 0. The van der Waals surface area contributed by atoms with Gasteiger partial charge in [0.25, 0.3) is 6.08 Å². The predicted molar refractivity (Wildman–Crippen MR) is 121 cm³/mol. The summed E-state index contributed by atoms with van der Waals surface area (Å²) in [5.74, 6) is -5.26. The molecule has 216 valence electrons. The Bertz CT molecular complexity index is 708. The zero-order valence-electron chi connectivity index (χ0n) is 21.8. The van der Waals surface area contributed by atoms with Crippen LogP contribution in [0.3, 0.4) is 0 Å². The van der Waals surface area contributed by atoms with Crippen molar-refractivity contribution < 1.29 is 69.6 Å². The van der Waals surface area contributed by atoms with Gasteiger partial charge in [0.1, 0.15) is 5.92 Å². The number of methoxy groups -OCH3 is 5. The summed E-state index contributed by atoms with van der Waals surface area (Å²) >= 11 is 0. The second-order valence-electron chi connectivity index (χ2n) is 5.88. The van der Waals surface area contributed by atoms with Gasteiger partial charge in [-0.1, -0.05) is 27.0 Å². The zero-order chi connectivity index (χ0) is 30.8. The molecule has 0 heterocycles. The lowest BCUT2D eigenvalue weighted by atomic mass is 10.2. The van der Waals surface area contributed by atoms with E-state index in [2.05, 4.69) is 36.8 Å². The Hall–Kier alpha value is -3.78. The lowest BCUT2D eigenvalue weighted by Crippen LogP contribution is -2.28. The fourth-order valence-corrected chi connectivity index (χ4v) is 0.861. The second-order valence-corrected chi connectivity index (χ2v) is 5.88. The summed E-state index contributed by atoms with van der Waals surface area (Å²) in [4.78, 5) is 50.0. The van der Waals surface area contributed by atoms with E-state index in [4.69, 9.17) is 0 Å². The standard InChI is InChI=1S/C5H7F3O2.C5H10O2.C4H4F2O2.2C4H6O2/c1-3(4(9)10-2)5(6,7)8;1-4(2)5(6)7-3;1-8-4(7)2-3(5)6;2*1-3-4(5)6-2/h3H,1-2H3;4H,1-3H3;2H,1H3;2*3H,1H2,2H3. The maximum atomic E-state index is 11.6. The van der Waals surface area contributed by atoms with Crippen LogP contribution >= 0.6 is 0 Å². The van der Waals surface area contributed by atoms with E-state index in [0.717, 1.165) is 33.3 Å². The van der Waals surface area contributed by atoms with Gasteiger partial charge in [-0.15, -0.1) is 0 Å². The van der Waals surface area contributed by atoms with Crippen LogP contribution in [-0.2, 0) is 47.7 Å². The molecule has 0 fully saturated rings. The average molecular weight is 552 g/mol. The monoisotopic (exact) mass is 552 g/mol. The van der Waals surface area contributed by atoms with Crippen molar-refractivity contribution in [3.63, 3.8) is 0 Å². The van der Waals surface area contributed by atoms with E-state index in [0.29, 0.717) is 0 Å². The maximum absolute atomic E-state index is 11.6. The van der Waals surface area contributed by atoms with Crippen molar-refractivity contribution in [1.29, 1.82) is 0 Å². The minimum atomic E-state index is -4.49. The summed E-state index contributed by atoms with van der Waals surface area (Å²) in [5, 5.41) is 0. The van der Waals surface area contributed by atoms with Crippen LogP contribution in [0.15, 0.2) is 37.5 Å². The van der Waals surface area contributed by atoms with Gasteiger partial charge in [-0.25, -0.2) is 14.4 Å². The molecule has 10 nitrogen and oxygen atoms in total. The highest BCUT2D eigenvalue weighted by molar-refractivity contribution is 5.82. The number of carbonyl (C=O) groups excluding carboxylic acids is 5. The summed E-state index contributed by atoms with van der Waals surface area (Å²) in [6, 6.07) is 0. The van der Waals surface area contributed by atoms with Gasteiger partial charge in [-0.05, 0) is 6.92 Å². The van der Waals surface area contributed by atoms with Crippen molar-refractivity contribution in [2.75, 3.05) is 35.5 Å². The Labute approximate surface area is 212 Å². The molecular formula is C22H33F5O10. The molecule has 0 saturated carbocycles. The van der Waals surface area contributed by atoms with Crippen LogP contribution in [0.1, 0.15) is 20.8 Å². The van der Waals surface area contributed by atoms with Crippen molar-refractivity contribution in [3.05, 3.63) is 37.5 Å². The van der Waals surface area contributed by atoms with Crippen molar-refractivity contribution in [1.82, 2.24) is 0 Å². The largest absolute Gasteiger partial charge is 0.469 e. The highest BCUT2D eigenvalue weighted by Crippen LogP contribution is 2.26. The van der Waals surface area contributed by atoms with Gasteiger partial charge in [-0.2, -0.15) is 22.0 Å². The third-order valence-corrected chi connectivity index (χ3v) is 2.88. The third-order valence-electron chi connectivity index (χ3n) is 2.88. The van der Waals surface area contributed by atoms with E-state index in [1.54, 1.807) is 13.8 Å². The molecule has 1 unspecified atom stereocenters. The van der Waals surface area contributed by atoms with Crippen molar-refractivity contribution in [2.45, 2.75) is 26.9 Å². The molecule has 0 aromatic carbocycles. The number of halogens is 5. The Kier molecular flexibility index (Phi) is 31.4. The molecule has 0 aromatic heterocycles. The summed E-state index contributed by atoms with van der Waals surface area (Å²) in [6.45, 7) is 10.7. The molecule has 15 heteroatoms. The van der Waals surface area contributed by atoms with E-state index in [1.165, 1.54) is 21.3 Å². The van der Waals surface area contributed by atoms with Crippen molar-refractivity contribution in [3.8, 4) is 0 Å². The first kappa shape index (κ1) is 43.3. The van der Waals surface area contributed by atoms with Gasteiger partial charge in [0, 0.05) is 12.2 Å². The van der Waals surface area contributed by atoms with E-state index >= 15 is 0 Å². The number of ether oxygens (including phenoxy) is 5. The molecule has 0 spiro atoms. The normalized spacial score (nSPS) is 9.57. The second kappa shape index (κ2) is 26.8. The van der Waals surface area contributed by atoms with Crippen LogP contribution in [0.2, 0.25) is 0 Å². The van der Waals surface area contributed by atoms with Crippen LogP contribution in [0.25, 0.3) is 0 Å². The van der Waals surface area contributed by atoms with Crippen molar-refractivity contribution in [2.24, 2.45) is 11.8 Å². The third kappa shape index (κ3) is 36.9. The molecule has 0 rings (SSSR count). The number of carbonyl (C=O) groups is 5. The molecule has 0 aliphatic rings. The Balaban J connectivity index is -0.000000117. The highest BCUT2D eigenvalue weighted by atomic mass is 19.4. The summed E-state index contributed by atoms with van der Waals surface area (Å²) in [5.41, 5.74) is 0. The molecule has 0 saturated heterocycles. The molecule has 0 radical (unpaired) electrons. The van der Waals surface area contributed by atoms with E-state index in [1.807, 2.05) is 0 Å². The van der Waals surface area contributed by atoms with Crippen LogP contribution in [0, 0.1) is 11.8 Å². The SMILES string of the molecule is C=CC(=O)OC.C=CC(=O)OC.COC(=O)C(C)C.COC(=O)C(C)C(F)(F)F.COC(=O)C=C(F)F. The maximum Gasteiger partial charge on any atom is 0.401 e. The first-order chi connectivity index (χ1) is 16.9. The number of hydrogen-bond acceptors (Lipinski definition) is 10. The van der Waals surface area contributed by atoms with E-state index < -0.39 is 42.1 Å². The zero-order valence-corrected chi connectivity index (χ0v) is 21.8. The Morgan fingerprint density at radius 1 is 0.649 bits per heavy atom. The highest BCUT2D eigenvalue weighted by Gasteiger charge is 2.41. The Morgan fingerprint density at radius 2 is 0.973 bits per heavy atom. The summed E-state index contributed by atoms with van der Waals surface area (Å²) in [6.07, 6.45) is -4.20. The fraction of sp³-hybridized carbons (Fsp3) is 0.500. The van der Waals surface area contributed by atoms with Crippen LogP contribution in [-0.4, -0.2) is 71.6 Å². The first-order valence-electron chi connectivity index (χ1n) is 9.60. The molecule has 37 heavy (non-hydrogen) atoms. The molecule has 0 bridgehead atoms. The molecule has 0 amide bonds. The van der Waals surface area contributed by atoms with Crippen LogP contribution in [0.4, 0.5) is 22.0 Å². The van der Waals surface area contributed by atoms with Crippen LogP contribution in [0.5, 0.6) is 0 Å². The average Bonchev–Trinajstić information content (AvgIpc) is 2.86. The Morgan fingerprint density at radius 3 is 1.03 bits per heavy atom. The van der Waals surface area contributed by atoms with Gasteiger partial charge >= 0.3 is 36.0 Å². The van der Waals surface area contributed by atoms with Gasteiger partial charge in [0.05, 0.1) is 47.5 Å². The lowest BCUT2D eigenvalue weighted by molar-refractivity contribution is -0.192. The number of rotatable bonds is 5. The lowest BCUT2D eigenvalue weighted by Gasteiger charge is -2.11. The van der Waals surface area contributed by atoms with Gasteiger partial charge < -0.3 is 23.7 Å². The van der Waals surface area contributed by atoms with Gasteiger partial charge in [0.15, 0.2) is 0 Å². The minimum Gasteiger partial charge on any atom is -0.469 e. The quantitative estimate of drug-likeness (QED) is 0.215. The molecular weight excluding hydrogens is 519 g/mol.